The number of anilines is 3. The van der Waals surface area contributed by atoms with E-state index in [1.807, 2.05) is 32.0 Å². The molecule has 3 aliphatic heterocycles. The van der Waals surface area contributed by atoms with Crippen LogP contribution in [0.1, 0.15) is 90.1 Å². The molecule has 392 valence electrons. The van der Waals surface area contributed by atoms with Gasteiger partial charge in [0.15, 0.2) is 11.5 Å². The molecule has 3 aromatic carbocycles. The summed E-state index contributed by atoms with van der Waals surface area (Å²) in [5.74, 6) is -1.63. The van der Waals surface area contributed by atoms with Crippen LogP contribution in [0.15, 0.2) is 66.7 Å². The van der Waals surface area contributed by atoms with Gasteiger partial charge in [0, 0.05) is 90.2 Å². The number of nitrogens with one attached hydrogen (secondary N) is 4. The molecule has 2 bridgehead atoms. The number of aryl methyl sites for hydroxylation is 2. The molecule has 74 heavy (non-hydrogen) atoms. The van der Waals surface area contributed by atoms with Gasteiger partial charge >= 0.3 is 6.29 Å². The van der Waals surface area contributed by atoms with Gasteiger partial charge in [0.1, 0.15) is 15.5 Å². The van der Waals surface area contributed by atoms with Crippen molar-refractivity contribution in [2.45, 2.75) is 120 Å². The van der Waals surface area contributed by atoms with Gasteiger partial charge in [-0.2, -0.15) is 0 Å². The van der Waals surface area contributed by atoms with Gasteiger partial charge in [-0.3, -0.25) is 9.59 Å². The molecule has 2 aliphatic carbocycles. The molecule has 3 aromatic heterocycles. The summed E-state index contributed by atoms with van der Waals surface area (Å²) in [6.45, 7) is 7.31. The van der Waals surface area contributed by atoms with Crippen molar-refractivity contribution in [3.63, 3.8) is 0 Å². The monoisotopic (exact) mass is 1040 g/mol. The van der Waals surface area contributed by atoms with Gasteiger partial charge in [0.25, 0.3) is 5.91 Å². The molecule has 8 N–H and O–H groups in total. The first kappa shape index (κ1) is 50.2. The summed E-state index contributed by atoms with van der Waals surface area (Å²) in [5, 5.41) is 35.8. The van der Waals surface area contributed by atoms with Crippen molar-refractivity contribution >= 4 is 61.3 Å². The number of nitrogens with two attached hydrogens (primary N) is 1. The molecule has 3 fully saturated rings. The van der Waals surface area contributed by atoms with Gasteiger partial charge < -0.3 is 60.9 Å². The van der Waals surface area contributed by atoms with E-state index in [0.29, 0.717) is 83.8 Å². The van der Waals surface area contributed by atoms with Gasteiger partial charge in [-0.05, 0) is 123 Å². The Hall–Kier alpha value is -5.96. The fraction of sp³-hybridized carbons (Fsp3) is 0.473. The molecular formula is C55H63F3N8O7S. The van der Waals surface area contributed by atoms with Crippen molar-refractivity contribution in [1.29, 1.82) is 0 Å². The van der Waals surface area contributed by atoms with E-state index in [1.54, 1.807) is 4.57 Å². The lowest BCUT2D eigenvalue weighted by molar-refractivity contribution is -0.286. The van der Waals surface area contributed by atoms with Crippen LogP contribution >= 0.6 is 11.3 Å². The summed E-state index contributed by atoms with van der Waals surface area (Å²) in [7, 11) is 0. The Bertz CT molecular complexity index is 3110. The Labute approximate surface area is 430 Å². The predicted octanol–water partition coefficient (Wildman–Crippen LogP) is 7.06. The zero-order valence-corrected chi connectivity index (χ0v) is 42.4. The second kappa shape index (κ2) is 20.0. The summed E-state index contributed by atoms with van der Waals surface area (Å²) in [6.07, 6.45) is 2.72. The molecule has 6 aromatic rings. The number of thiophene rings is 1. The SMILES string of the molecule is CC(C)(CO)c1cc2cc(NC(=O)C3(c4ccc5c(c4)OC(F)(F)O5)CC3)c(F)cc2n1C[C@@H](O)CNCCOCCCc1ccc2c(N)c(C(=O)N[C@H]3CCc4cc(N5C[C@H]6CC[C@@H](C5)N6)ccc4C3)sc2n1. The average molecular weight is 1040 g/mol. The third-order valence-corrected chi connectivity index (χ3v) is 16.7. The summed E-state index contributed by atoms with van der Waals surface area (Å²) in [6, 6.07) is 20.8. The number of pyridine rings is 1. The van der Waals surface area contributed by atoms with E-state index < -0.39 is 35.0 Å². The lowest BCUT2D eigenvalue weighted by atomic mass is 9.87. The molecule has 6 heterocycles. The average Bonchev–Trinajstić information content (AvgIpc) is 3.72. The number of aliphatic hydroxyl groups is 2. The zero-order chi connectivity index (χ0) is 51.5. The quantitative estimate of drug-likeness (QED) is 0.0409. The topological polar surface area (TPSA) is 197 Å². The number of fused-ring (bicyclic) bond motifs is 6. The normalized spacial score (nSPS) is 20.7. The number of aliphatic hydroxyl groups excluding tert-OH is 2. The van der Waals surface area contributed by atoms with Gasteiger partial charge in [-0.25, -0.2) is 9.37 Å². The highest BCUT2D eigenvalue weighted by atomic mass is 32.1. The van der Waals surface area contributed by atoms with Crippen LogP contribution < -0.4 is 41.4 Å². The number of carbonyl (C=O) groups excluding carboxylic acids is 2. The standard InChI is InChI=1S/C55H63F3N8O7S/c1-53(2,30-67)47-23-33-22-43(64-52(70)54(15-16-54)34-7-14-45-46(24-34)73-55(57,58)72-45)42(56)25-44(33)66(47)29-40(68)26-60-17-19-71-18-3-4-35-11-13-41-48(59)49(74-51(41)63-35)50(69)62-36-8-5-32-21-39(12-6-31(32)20-36)65-27-37-9-10-38(28-65)61-37/h6-7,11-14,21-25,36-38,40,60-61,67-68H,3-5,8-10,15-20,26-30,59H2,1-2H3,(H,62,69)(H,64,70)/t36-,37-,38+,40-/m0/s1. The fourth-order valence-electron chi connectivity index (χ4n) is 11.3. The first-order valence-electron chi connectivity index (χ1n) is 25.8. The number of alkyl halides is 2. The van der Waals surface area contributed by atoms with Gasteiger partial charge in [-0.1, -0.05) is 26.0 Å². The van der Waals surface area contributed by atoms with Crippen LogP contribution in [0, 0.1) is 5.82 Å². The van der Waals surface area contributed by atoms with Gasteiger partial charge in [-0.15, -0.1) is 20.1 Å². The van der Waals surface area contributed by atoms with Crippen molar-refractivity contribution in [3.8, 4) is 11.5 Å². The van der Waals surface area contributed by atoms with E-state index in [-0.39, 0.29) is 48.8 Å². The number of piperazine rings is 1. The third kappa shape index (κ3) is 10.1. The lowest BCUT2D eigenvalue weighted by Crippen LogP contribution is -2.51. The minimum Gasteiger partial charge on any atom is -0.397 e. The van der Waals surface area contributed by atoms with Crippen LogP contribution in [-0.2, 0) is 46.2 Å². The molecule has 1 saturated carbocycles. The van der Waals surface area contributed by atoms with E-state index in [2.05, 4.69) is 53.8 Å². The van der Waals surface area contributed by atoms with Crippen molar-refractivity contribution < 1.29 is 47.2 Å². The highest BCUT2D eigenvalue weighted by molar-refractivity contribution is 7.21. The number of carbonyl (C=O) groups is 2. The van der Waals surface area contributed by atoms with Crippen LogP contribution in [0.5, 0.6) is 11.5 Å². The van der Waals surface area contributed by atoms with Crippen molar-refractivity contribution in [1.82, 2.24) is 25.5 Å². The number of hydrogen-bond acceptors (Lipinski definition) is 13. The third-order valence-electron chi connectivity index (χ3n) is 15.6. The maximum Gasteiger partial charge on any atom is 0.586 e. The second-order valence-corrected chi connectivity index (χ2v) is 22.4. The van der Waals surface area contributed by atoms with Crippen LogP contribution in [-0.4, -0.2) is 108 Å². The second-order valence-electron chi connectivity index (χ2n) is 21.4. The van der Waals surface area contributed by atoms with Crippen molar-refractivity contribution in [3.05, 3.63) is 106 Å². The summed E-state index contributed by atoms with van der Waals surface area (Å²) in [5.41, 5.74) is 11.6. The molecule has 0 unspecified atom stereocenters. The minimum atomic E-state index is -3.80. The molecule has 2 saturated heterocycles. The molecule has 5 aliphatic rings. The highest BCUT2D eigenvalue weighted by Crippen LogP contribution is 2.52. The lowest BCUT2D eigenvalue weighted by Gasteiger charge is -2.35. The maximum absolute atomic E-state index is 15.9. The summed E-state index contributed by atoms with van der Waals surface area (Å²) in [4.78, 5) is 35.9. The fourth-order valence-corrected chi connectivity index (χ4v) is 12.3. The first-order valence-corrected chi connectivity index (χ1v) is 26.6. The minimum absolute atomic E-state index is 0.0330. The largest absolute Gasteiger partial charge is 0.586 e. The molecule has 0 spiro atoms. The molecule has 2 amide bonds. The van der Waals surface area contributed by atoms with Crippen molar-refractivity contribution in [2.75, 3.05) is 62.0 Å². The van der Waals surface area contributed by atoms with E-state index in [0.717, 1.165) is 54.7 Å². The first-order chi connectivity index (χ1) is 35.5. The Morgan fingerprint density at radius 1 is 1.00 bits per heavy atom. The number of amides is 2. The van der Waals surface area contributed by atoms with E-state index in [4.69, 9.17) is 15.5 Å². The number of nitrogens with zero attached hydrogens (tertiary/aromatic N) is 3. The van der Waals surface area contributed by atoms with Crippen molar-refractivity contribution in [2.24, 2.45) is 0 Å². The number of halogens is 3. The summed E-state index contributed by atoms with van der Waals surface area (Å²) >= 11 is 1.33. The van der Waals surface area contributed by atoms with Crippen LogP contribution in [0.4, 0.5) is 30.2 Å². The molecular weight excluding hydrogens is 974 g/mol. The number of aromatic nitrogens is 2. The number of ether oxygens (including phenoxy) is 3. The van der Waals surface area contributed by atoms with Crippen LogP contribution in [0.3, 0.4) is 0 Å². The van der Waals surface area contributed by atoms with E-state index in [9.17, 15) is 28.6 Å². The molecule has 4 atom stereocenters. The molecule has 0 radical (unpaired) electrons. The zero-order valence-electron chi connectivity index (χ0n) is 41.6. The Morgan fingerprint density at radius 3 is 2.58 bits per heavy atom. The Balaban J connectivity index is 0.631. The highest BCUT2D eigenvalue weighted by Gasteiger charge is 2.53. The van der Waals surface area contributed by atoms with Crippen LogP contribution in [0.2, 0.25) is 0 Å². The molecule has 19 heteroatoms. The number of rotatable bonds is 19. The summed E-state index contributed by atoms with van der Waals surface area (Å²) < 4.78 is 60.0. The predicted molar refractivity (Wildman–Crippen MR) is 278 cm³/mol. The number of nitrogen functional groups attached to an aromatic ring is 1. The number of benzene rings is 3. The van der Waals surface area contributed by atoms with E-state index >= 15 is 4.39 Å². The van der Waals surface area contributed by atoms with Gasteiger partial charge in [0.2, 0.25) is 5.91 Å². The van der Waals surface area contributed by atoms with Crippen LogP contribution in [0.25, 0.3) is 21.1 Å². The van der Waals surface area contributed by atoms with Gasteiger partial charge in [0.05, 0.1) is 48.2 Å². The maximum atomic E-state index is 15.9. The molecule has 15 nitrogen and oxygen atoms in total. The number of hydrogen-bond donors (Lipinski definition) is 7. The Kier molecular flexibility index (Phi) is 13.5. The molecule has 11 rings (SSSR count). The smallest absolute Gasteiger partial charge is 0.397 e. The van der Waals surface area contributed by atoms with E-state index in [1.165, 1.54) is 71.3 Å². The Morgan fingerprint density at radius 2 is 1.80 bits per heavy atom.